The van der Waals surface area contributed by atoms with Crippen LogP contribution in [-0.2, 0) is 9.05 Å². The first-order valence-electron chi connectivity index (χ1n) is 5.29. The standard InChI is InChI=1S/C11H15ClO4S/c1-2-15-10-5-3-6-11(9-10)16-7-4-8-17(12,13)14/h3,5-6,9H,2,4,7-8H2,1H3. The van der Waals surface area contributed by atoms with Crippen LogP contribution in [0.1, 0.15) is 13.3 Å². The summed E-state index contributed by atoms with van der Waals surface area (Å²) in [5.74, 6) is 1.30. The van der Waals surface area contributed by atoms with Gasteiger partial charge in [-0.1, -0.05) is 6.07 Å². The Morgan fingerprint density at radius 3 is 2.47 bits per heavy atom. The highest BCUT2D eigenvalue weighted by Crippen LogP contribution is 2.19. The molecule has 0 unspecified atom stereocenters. The molecule has 0 N–H and O–H groups in total. The molecule has 96 valence electrons. The quantitative estimate of drug-likeness (QED) is 0.568. The van der Waals surface area contributed by atoms with Gasteiger partial charge >= 0.3 is 0 Å². The lowest BCUT2D eigenvalue weighted by molar-refractivity contribution is 0.309. The van der Waals surface area contributed by atoms with Gasteiger partial charge in [-0.3, -0.25) is 0 Å². The lowest BCUT2D eigenvalue weighted by Crippen LogP contribution is -2.04. The molecule has 0 aliphatic rings. The Balaban J connectivity index is 2.38. The topological polar surface area (TPSA) is 52.6 Å². The summed E-state index contributed by atoms with van der Waals surface area (Å²) in [6.07, 6.45) is 0.366. The first-order valence-corrected chi connectivity index (χ1v) is 7.77. The van der Waals surface area contributed by atoms with Gasteiger partial charge in [0.15, 0.2) is 0 Å². The number of rotatable bonds is 7. The van der Waals surface area contributed by atoms with Crippen LogP contribution < -0.4 is 9.47 Å². The Bertz CT molecular complexity index is 445. The van der Waals surface area contributed by atoms with Gasteiger partial charge in [0, 0.05) is 16.7 Å². The zero-order valence-electron chi connectivity index (χ0n) is 9.56. The van der Waals surface area contributed by atoms with Crippen molar-refractivity contribution >= 4 is 19.7 Å². The molecule has 6 heteroatoms. The summed E-state index contributed by atoms with van der Waals surface area (Å²) in [6, 6.07) is 7.20. The average molecular weight is 279 g/mol. The molecule has 0 fully saturated rings. The molecule has 1 rings (SSSR count). The van der Waals surface area contributed by atoms with Gasteiger partial charge in [0.1, 0.15) is 11.5 Å². The molecule has 0 heterocycles. The minimum atomic E-state index is -3.43. The SMILES string of the molecule is CCOc1cccc(OCCCS(=O)(=O)Cl)c1. The van der Waals surface area contributed by atoms with Crippen molar-refractivity contribution in [2.45, 2.75) is 13.3 Å². The van der Waals surface area contributed by atoms with E-state index in [9.17, 15) is 8.42 Å². The van der Waals surface area contributed by atoms with E-state index in [0.717, 1.165) is 5.75 Å². The third-order valence-electron chi connectivity index (χ3n) is 1.92. The molecule has 0 radical (unpaired) electrons. The predicted octanol–water partition coefficient (Wildman–Crippen LogP) is 2.42. The van der Waals surface area contributed by atoms with Crippen LogP contribution in [-0.4, -0.2) is 27.4 Å². The largest absolute Gasteiger partial charge is 0.494 e. The highest BCUT2D eigenvalue weighted by molar-refractivity contribution is 8.13. The molecule has 0 saturated heterocycles. The van der Waals surface area contributed by atoms with E-state index in [4.69, 9.17) is 20.2 Å². The van der Waals surface area contributed by atoms with Gasteiger partial charge in [-0.05, 0) is 25.5 Å². The lowest BCUT2D eigenvalue weighted by Gasteiger charge is -2.07. The van der Waals surface area contributed by atoms with E-state index in [2.05, 4.69) is 0 Å². The van der Waals surface area contributed by atoms with Crippen LogP contribution in [0.25, 0.3) is 0 Å². The van der Waals surface area contributed by atoms with Crippen molar-refractivity contribution in [3.8, 4) is 11.5 Å². The van der Waals surface area contributed by atoms with E-state index in [-0.39, 0.29) is 5.75 Å². The van der Waals surface area contributed by atoms with Crippen molar-refractivity contribution in [3.63, 3.8) is 0 Å². The van der Waals surface area contributed by atoms with Crippen molar-refractivity contribution in [2.75, 3.05) is 19.0 Å². The smallest absolute Gasteiger partial charge is 0.232 e. The molecule has 0 spiro atoms. The van der Waals surface area contributed by atoms with Gasteiger partial charge in [-0.2, -0.15) is 0 Å². The fourth-order valence-corrected chi connectivity index (χ4v) is 2.03. The van der Waals surface area contributed by atoms with Crippen molar-refractivity contribution in [2.24, 2.45) is 0 Å². The maximum absolute atomic E-state index is 10.7. The monoisotopic (exact) mass is 278 g/mol. The first kappa shape index (κ1) is 14.1. The van der Waals surface area contributed by atoms with E-state index < -0.39 is 9.05 Å². The van der Waals surface area contributed by atoms with Gasteiger partial charge < -0.3 is 9.47 Å². The van der Waals surface area contributed by atoms with Crippen LogP contribution in [0.5, 0.6) is 11.5 Å². The summed E-state index contributed by atoms with van der Waals surface area (Å²) in [6.45, 7) is 2.80. The van der Waals surface area contributed by atoms with E-state index in [1.807, 2.05) is 19.1 Å². The number of hydrogen-bond donors (Lipinski definition) is 0. The zero-order valence-corrected chi connectivity index (χ0v) is 11.1. The molecule has 0 aliphatic heterocycles. The van der Waals surface area contributed by atoms with Gasteiger partial charge in [0.2, 0.25) is 9.05 Å². The third kappa shape index (κ3) is 6.38. The fraction of sp³-hybridized carbons (Fsp3) is 0.455. The minimum absolute atomic E-state index is 0.0836. The third-order valence-corrected chi connectivity index (χ3v) is 3.16. The maximum Gasteiger partial charge on any atom is 0.232 e. The maximum atomic E-state index is 10.7. The lowest BCUT2D eigenvalue weighted by atomic mass is 10.3. The van der Waals surface area contributed by atoms with E-state index in [1.54, 1.807) is 12.1 Å². The van der Waals surface area contributed by atoms with Gasteiger partial charge in [-0.25, -0.2) is 8.42 Å². The molecule has 0 atom stereocenters. The molecule has 4 nitrogen and oxygen atoms in total. The average Bonchev–Trinajstić information content (AvgIpc) is 2.24. The fourth-order valence-electron chi connectivity index (χ4n) is 1.24. The van der Waals surface area contributed by atoms with E-state index in [1.165, 1.54) is 0 Å². The Kier molecular flexibility index (Phi) is 5.58. The van der Waals surface area contributed by atoms with Crippen LogP contribution in [0.2, 0.25) is 0 Å². The van der Waals surface area contributed by atoms with Gasteiger partial charge in [0.05, 0.1) is 19.0 Å². The molecule has 0 aliphatic carbocycles. The van der Waals surface area contributed by atoms with Gasteiger partial charge in [-0.15, -0.1) is 0 Å². The molecule has 1 aromatic rings. The highest BCUT2D eigenvalue weighted by atomic mass is 35.7. The summed E-state index contributed by atoms with van der Waals surface area (Å²) in [5, 5.41) is 0. The second kappa shape index (κ2) is 6.71. The molecular formula is C11H15ClO4S. The molecule has 0 bridgehead atoms. The molecule has 0 amide bonds. The van der Waals surface area contributed by atoms with Crippen molar-refractivity contribution in [1.82, 2.24) is 0 Å². The Hall–Kier alpha value is -0.940. The van der Waals surface area contributed by atoms with Gasteiger partial charge in [0.25, 0.3) is 0 Å². The van der Waals surface area contributed by atoms with Crippen LogP contribution in [0.15, 0.2) is 24.3 Å². The molecule has 0 saturated carbocycles. The summed E-state index contributed by atoms with van der Waals surface area (Å²) in [5.41, 5.74) is 0. The Morgan fingerprint density at radius 1 is 1.24 bits per heavy atom. The normalized spacial score (nSPS) is 11.2. The number of hydrogen-bond acceptors (Lipinski definition) is 4. The minimum Gasteiger partial charge on any atom is -0.494 e. The molecule has 17 heavy (non-hydrogen) atoms. The van der Waals surface area contributed by atoms with E-state index in [0.29, 0.717) is 25.4 Å². The van der Waals surface area contributed by atoms with Crippen molar-refractivity contribution in [1.29, 1.82) is 0 Å². The summed E-state index contributed by atoms with van der Waals surface area (Å²) in [7, 11) is 1.65. The number of ether oxygens (including phenoxy) is 2. The zero-order chi connectivity index (χ0) is 12.7. The summed E-state index contributed by atoms with van der Waals surface area (Å²) >= 11 is 0. The van der Waals surface area contributed by atoms with Crippen LogP contribution in [0, 0.1) is 0 Å². The van der Waals surface area contributed by atoms with Crippen molar-refractivity contribution in [3.05, 3.63) is 24.3 Å². The Labute approximate surface area is 106 Å². The van der Waals surface area contributed by atoms with Crippen molar-refractivity contribution < 1.29 is 17.9 Å². The van der Waals surface area contributed by atoms with Crippen LogP contribution in [0.3, 0.4) is 0 Å². The predicted molar refractivity (Wildman–Crippen MR) is 67.4 cm³/mol. The number of halogens is 1. The Morgan fingerprint density at radius 2 is 1.88 bits per heavy atom. The number of benzene rings is 1. The summed E-state index contributed by atoms with van der Waals surface area (Å²) in [4.78, 5) is 0. The molecule has 1 aromatic carbocycles. The molecule has 0 aromatic heterocycles. The second-order valence-corrected chi connectivity index (χ2v) is 6.25. The van der Waals surface area contributed by atoms with E-state index >= 15 is 0 Å². The highest BCUT2D eigenvalue weighted by Gasteiger charge is 2.04. The first-order chi connectivity index (χ1) is 8.01. The van der Waals surface area contributed by atoms with Crippen LogP contribution in [0.4, 0.5) is 0 Å². The van der Waals surface area contributed by atoms with Crippen LogP contribution >= 0.6 is 10.7 Å². The second-order valence-electron chi connectivity index (χ2n) is 3.35. The molecular weight excluding hydrogens is 264 g/mol. The summed E-state index contributed by atoms with van der Waals surface area (Å²) < 4.78 is 32.0.